The molecule has 0 aromatic heterocycles. The topological polar surface area (TPSA) is 26.0 Å². The van der Waals surface area contributed by atoms with E-state index >= 15 is 0 Å². The number of hydrogen-bond donors (Lipinski definition) is 1. The van der Waals surface area contributed by atoms with Crippen LogP contribution in [0.5, 0.6) is 0 Å². The van der Waals surface area contributed by atoms with Crippen LogP contribution in [0.15, 0.2) is 84.9 Å². The van der Waals surface area contributed by atoms with Crippen LogP contribution in [0.2, 0.25) is 0 Å². The number of benzene rings is 5. The van der Waals surface area contributed by atoms with Crippen LogP contribution in [0.3, 0.4) is 0 Å². The van der Waals surface area contributed by atoms with Crippen molar-refractivity contribution in [3.63, 3.8) is 0 Å². The van der Waals surface area contributed by atoms with Gasteiger partial charge in [0.2, 0.25) is 0 Å². The van der Waals surface area contributed by atoms with Crippen LogP contribution in [-0.4, -0.2) is 0 Å². The summed E-state index contributed by atoms with van der Waals surface area (Å²) >= 11 is 0. The SMILES string of the molecule is Nc1c(C2CCCc3c2ccc2c3ccc3ccccc32)ccc2ccccc12. The van der Waals surface area contributed by atoms with Crippen molar-refractivity contribution in [3.8, 4) is 0 Å². The standard InChI is InChI=1S/C28H23N/c29-28-21-9-4-2-7-19(21)13-15-27(28)23-11-5-10-22-25-14-12-18-6-1-3-8-20(18)24(25)16-17-26(22)23/h1-4,6-9,12-17,23H,5,10-11,29H2. The van der Waals surface area contributed by atoms with Gasteiger partial charge in [-0.15, -0.1) is 0 Å². The molecule has 1 atom stereocenters. The maximum atomic E-state index is 6.69. The van der Waals surface area contributed by atoms with E-state index in [1.165, 1.54) is 55.4 Å². The summed E-state index contributed by atoms with van der Waals surface area (Å²) in [5.74, 6) is 0.374. The van der Waals surface area contributed by atoms with Gasteiger partial charge in [0, 0.05) is 17.0 Å². The molecule has 0 saturated heterocycles. The summed E-state index contributed by atoms with van der Waals surface area (Å²) in [4.78, 5) is 0. The zero-order valence-electron chi connectivity index (χ0n) is 16.4. The van der Waals surface area contributed by atoms with E-state index in [0.717, 1.165) is 18.5 Å². The van der Waals surface area contributed by atoms with Gasteiger partial charge in [0.1, 0.15) is 0 Å². The first-order valence-electron chi connectivity index (χ1n) is 10.5. The second-order valence-corrected chi connectivity index (χ2v) is 8.25. The van der Waals surface area contributed by atoms with Gasteiger partial charge in [0.15, 0.2) is 0 Å². The maximum absolute atomic E-state index is 6.69. The Morgan fingerprint density at radius 1 is 0.586 bits per heavy atom. The molecule has 2 N–H and O–H groups in total. The molecule has 1 aliphatic rings. The highest BCUT2D eigenvalue weighted by Gasteiger charge is 2.25. The van der Waals surface area contributed by atoms with Gasteiger partial charge in [-0.25, -0.2) is 0 Å². The maximum Gasteiger partial charge on any atom is 0.0432 e. The van der Waals surface area contributed by atoms with Crippen LogP contribution >= 0.6 is 0 Å². The van der Waals surface area contributed by atoms with Gasteiger partial charge in [-0.1, -0.05) is 84.9 Å². The van der Waals surface area contributed by atoms with Gasteiger partial charge in [-0.05, 0) is 62.9 Å². The number of hydrogen-bond acceptors (Lipinski definition) is 1. The molecular formula is C28H23N. The molecular weight excluding hydrogens is 350 g/mol. The molecule has 29 heavy (non-hydrogen) atoms. The molecule has 5 aromatic rings. The van der Waals surface area contributed by atoms with Crippen LogP contribution in [-0.2, 0) is 6.42 Å². The molecule has 0 saturated carbocycles. The first-order chi connectivity index (χ1) is 14.3. The molecule has 0 radical (unpaired) electrons. The van der Waals surface area contributed by atoms with E-state index in [1.807, 2.05) is 0 Å². The van der Waals surface area contributed by atoms with E-state index in [9.17, 15) is 0 Å². The number of rotatable bonds is 1. The Morgan fingerprint density at radius 3 is 2.10 bits per heavy atom. The smallest absolute Gasteiger partial charge is 0.0432 e. The molecule has 1 nitrogen and oxygen atoms in total. The van der Waals surface area contributed by atoms with Gasteiger partial charge < -0.3 is 5.73 Å². The quantitative estimate of drug-likeness (QED) is 0.244. The Morgan fingerprint density at radius 2 is 1.24 bits per heavy atom. The average Bonchev–Trinajstić information content (AvgIpc) is 2.79. The first kappa shape index (κ1) is 16.6. The predicted molar refractivity (Wildman–Crippen MR) is 125 cm³/mol. The summed E-state index contributed by atoms with van der Waals surface area (Å²) in [6, 6.07) is 30.9. The van der Waals surface area contributed by atoms with Crippen molar-refractivity contribution in [2.75, 3.05) is 5.73 Å². The van der Waals surface area contributed by atoms with E-state index in [4.69, 9.17) is 5.73 Å². The van der Waals surface area contributed by atoms with E-state index in [1.54, 1.807) is 0 Å². The lowest BCUT2D eigenvalue weighted by Crippen LogP contribution is -2.13. The molecule has 0 aliphatic heterocycles. The highest BCUT2D eigenvalue weighted by Crippen LogP contribution is 2.43. The minimum atomic E-state index is 0.374. The van der Waals surface area contributed by atoms with Crippen molar-refractivity contribution in [2.24, 2.45) is 0 Å². The summed E-state index contributed by atoms with van der Waals surface area (Å²) in [5.41, 5.74) is 11.9. The third-order valence-corrected chi connectivity index (χ3v) is 6.75. The van der Waals surface area contributed by atoms with Crippen LogP contribution in [0.1, 0.15) is 35.4 Å². The normalized spacial score (nSPS) is 16.3. The molecule has 0 heterocycles. The molecule has 0 fully saturated rings. The Hall–Kier alpha value is -3.32. The first-order valence-corrected chi connectivity index (χ1v) is 10.5. The van der Waals surface area contributed by atoms with Crippen LogP contribution in [0.25, 0.3) is 32.3 Å². The monoisotopic (exact) mass is 373 g/mol. The molecule has 1 heteroatoms. The van der Waals surface area contributed by atoms with Gasteiger partial charge in [0.05, 0.1) is 0 Å². The number of anilines is 1. The fourth-order valence-corrected chi connectivity index (χ4v) is 5.35. The molecule has 5 aromatic carbocycles. The van der Waals surface area contributed by atoms with Gasteiger partial charge >= 0.3 is 0 Å². The van der Waals surface area contributed by atoms with Crippen molar-refractivity contribution in [3.05, 3.63) is 102 Å². The van der Waals surface area contributed by atoms with E-state index in [0.29, 0.717) is 5.92 Å². The van der Waals surface area contributed by atoms with Crippen LogP contribution in [0.4, 0.5) is 5.69 Å². The van der Waals surface area contributed by atoms with Crippen molar-refractivity contribution < 1.29 is 0 Å². The Kier molecular flexibility index (Phi) is 3.64. The number of fused-ring (bicyclic) bond motifs is 6. The molecule has 1 unspecified atom stereocenters. The Bertz CT molecular complexity index is 1400. The fourth-order valence-electron chi connectivity index (χ4n) is 5.35. The van der Waals surface area contributed by atoms with Gasteiger partial charge in [-0.2, -0.15) is 0 Å². The molecule has 1 aliphatic carbocycles. The summed E-state index contributed by atoms with van der Waals surface area (Å²) < 4.78 is 0. The predicted octanol–water partition coefficient (Wildman–Crippen LogP) is 7.20. The summed E-state index contributed by atoms with van der Waals surface area (Å²) in [6.07, 6.45) is 3.51. The second kappa shape index (κ2) is 6.35. The van der Waals surface area contributed by atoms with E-state index in [-0.39, 0.29) is 0 Å². The lowest BCUT2D eigenvalue weighted by molar-refractivity contribution is 0.621. The van der Waals surface area contributed by atoms with Crippen molar-refractivity contribution in [1.82, 2.24) is 0 Å². The molecule has 0 amide bonds. The van der Waals surface area contributed by atoms with Gasteiger partial charge in [-0.3, -0.25) is 0 Å². The van der Waals surface area contributed by atoms with Crippen molar-refractivity contribution in [2.45, 2.75) is 25.2 Å². The van der Waals surface area contributed by atoms with Crippen LogP contribution in [0, 0.1) is 0 Å². The lowest BCUT2D eigenvalue weighted by Gasteiger charge is -2.29. The molecule has 6 rings (SSSR count). The minimum Gasteiger partial charge on any atom is -0.398 e. The summed E-state index contributed by atoms with van der Waals surface area (Å²) in [6.45, 7) is 0. The van der Waals surface area contributed by atoms with Gasteiger partial charge in [0.25, 0.3) is 0 Å². The molecule has 0 spiro atoms. The fraction of sp³-hybridized carbons (Fsp3) is 0.143. The average molecular weight is 373 g/mol. The lowest BCUT2D eigenvalue weighted by atomic mass is 9.76. The molecule has 0 bridgehead atoms. The largest absolute Gasteiger partial charge is 0.398 e. The highest BCUT2D eigenvalue weighted by molar-refractivity contribution is 6.09. The Balaban J connectivity index is 1.58. The number of nitrogen functional groups attached to an aromatic ring is 1. The third kappa shape index (κ3) is 2.47. The third-order valence-electron chi connectivity index (χ3n) is 6.75. The Labute approximate surface area is 170 Å². The minimum absolute atomic E-state index is 0.374. The summed E-state index contributed by atoms with van der Waals surface area (Å²) in [5, 5.41) is 7.82. The van der Waals surface area contributed by atoms with E-state index in [2.05, 4.69) is 84.9 Å². The van der Waals surface area contributed by atoms with Crippen molar-refractivity contribution >= 4 is 38.0 Å². The number of aryl methyl sites for hydroxylation is 1. The zero-order valence-corrected chi connectivity index (χ0v) is 16.4. The number of nitrogens with two attached hydrogens (primary N) is 1. The summed E-state index contributed by atoms with van der Waals surface area (Å²) in [7, 11) is 0. The molecule has 140 valence electrons. The van der Waals surface area contributed by atoms with Crippen LogP contribution < -0.4 is 5.73 Å². The van der Waals surface area contributed by atoms with Crippen molar-refractivity contribution in [1.29, 1.82) is 0 Å². The zero-order chi connectivity index (χ0) is 19.4. The van der Waals surface area contributed by atoms with E-state index < -0.39 is 0 Å². The highest BCUT2D eigenvalue weighted by atomic mass is 14.6. The second-order valence-electron chi connectivity index (χ2n) is 8.25.